The van der Waals surface area contributed by atoms with Crippen LogP contribution in [0, 0.1) is 0 Å². The number of rotatable bonds is 4. The minimum Gasteiger partial charge on any atom is -0.508 e. The molecule has 0 aromatic heterocycles. The second-order valence-corrected chi connectivity index (χ2v) is 4.09. The Morgan fingerprint density at radius 3 is 2.11 bits per heavy atom. The van der Waals surface area contributed by atoms with Gasteiger partial charge in [0.25, 0.3) is 0 Å². The Morgan fingerprint density at radius 1 is 0.842 bits per heavy atom. The predicted octanol–water partition coefficient (Wildman–Crippen LogP) is 2.55. The maximum Gasteiger partial charge on any atom is 0.174 e. The zero-order valence-electron chi connectivity index (χ0n) is 10.0. The Morgan fingerprint density at radius 2 is 1.47 bits per heavy atom. The Labute approximate surface area is 109 Å². The molecule has 0 fully saturated rings. The van der Waals surface area contributed by atoms with Crippen molar-refractivity contribution in [3.05, 3.63) is 59.7 Å². The molecule has 0 aliphatic carbocycles. The fraction of sp³-hybridized carbons (Fsp3) is 0.0667. The molecule has 0 unspecified atom stereocenters. The molecule has 4 heteroatoms. The number of aromatic hydroxyl groups is 2. The highest BCUT2D eigenvalue weighted by atomic mass is 16.3. The number of ketones is 2. The molecule has 2 N–H and O–H groups in total. The van der Waals surface area contributed by atoms with E-state index >= 15 is 0 Å². The summed E-state index contributed by atoms with van der Waals surface area (Å²) in [4.78, 5) is 23.8. The molecular weight excluding hydrogens is 244 g/mol. The van der Waals surface area contributed by atoms with E-state index in [1.807, 2.05) is 0 Å². The molecule has 0 atom stereocenters. The highest BCUT2D eigenvalue weighted by molar-refractivity contribution is 6.14. The molecule has 0 spiro atoms. The number of phenolic OH excluding ortho intramolecular Hbond substituents is 2. The van der Waals surface area contributed by atoms with Crippen molar-refractivity contribution in [3.63, 3.8) is 0 Å². The van der Waals surface area contributed by atoms with Crippen molar-refractivity contribution >= 4 is 11.6 Å². The predicted molar refractivity (Wildman–Crippen MR) is 69.5 cm³/mol. The Hall–Kier alpha value is -2.62. The van der Waals surface area contributed by atoms with Crippen LogP contribution in [0.5, 0.6) is 11.5 Å². The van der Waals surface area contributed by atoms with E-state index in [4.69, 9.17) is 5.11 Å². The van der Waals surface area contributed by atoms with E-state index < -0.39 is 5.78 Å². The van der Waals surface area contributed by atoms with Gasteiger partial charge in [-0.2, -0.15) is 0 Å². The first-order valence-corrected chi connectivity index (χ1v) is 5.71. The van der Waals surface area contributed by atoms with Crippen LogP contribution in [0.1, 0.15) is 27.1 Å². The lowest BCUT2D eigenvalue weighted by atomic mass is 10.0. The number of carbonyl (C=O) groups excluding carboxylic acids is 2. The van der Waals surface area contributed by atoms with Crippen molar-refractivity contribution in [1.82, 2.24) is 0 Å². The molecule has 2 aromatic rings. The van der Waals surface area contributed by atoms with Crippen LogP contribution >= 0.6 is 0 Å². The summed E-state index contributed by atoms with van der Waals surface area (Å²) in [5.41, 5.74) is 0.483. The van der Waals surface area contributed by atoms with Crippen molar-refractivity contribution in [2.24, 2.45) is 0 Å². The number of hydrogen-bond donors (Lipinski definition) is 2. The zero-order chi connectivity index (χ0) is 13.8. The Kier molecular flexibility index (Phi) is 3.61. The van der Waals surface area contributed by atoms with Gasteiger partial charge in [-0.15, -0.1) is 0 Å². The molecule has 0 radical (unpaired) electrons. The van der Waals surface area contributed by atoms with Crippen molar-refractivity contribution in [2.45, 2.75) is 6.42 Å². The van der Waals surface area contributed by atoms with E-state index in [0.717, 1.165) is 0 Å². The summed E-state index contributed by atoms with van der Waals surface area (Å²) in [5, 5.41) is 18.7. The van der Waals surface area contributed by atoms with Crippen LogP contribution in [-0.4, -0.2) is 21.8 Å². The van der Waals surface area contributed by atoms with Crippen LogP contribution < -0.4 is 0 Å². The molecule has 0 bridgehead atoms. The van der Waals surface area contributed by atoms with Crippen LogP contribution in [0.2, 0.25) is 0 Å². The third kappa shape index (κ3) is 2.98. The summed E-state index contributed by atoms with van der Waals surface area (Å²) in [6.07, 6.45) is -0.317. The van der Waals surface area contributed by atoms with Gasteiger partial charge in [-0.05, 0) is 36.4 Å². The minimum absolute atomic E-state index is 0.0589. The molecule has 19 heavy (non-hydrogen) atoms. The largest absolute Gasteiger partial charge is 0.508 e. The number of carbonyl (C=O) groups is 2. The van der Waals surface area contributed by atoms with E-state index in [2.05, 4.69) is 0 Å². The molecule has 2 aromatic carbocycles. The first kappa shape index (κ1) is 12.8. The van der Waals surface area contributed by atoms with Crippen LogP contribution in [0.25, 0.3) is 0 Å². The summed E-state index contributed by atoms with van der Waals surface area (Å²) in [5.74, 6) is -0.862. The average molecular weight is 256 g/mol. The lowest BCUT2D eigenvalue weighted by Crippen LogP contribution is -2.08. The van der Waals surface area contributed by atoms with E-state index in [1.165, 1.54) is 36.4 Å². The number of hydrogen-bond acceptors (Lipinski definition) is 4. The molecular formula is C15H12O4. The fourth-order valence-electron chi connectivity index (χ4n) is 1.70. The fourth-order valence-corrected chi connectivity index (χ4v) is 1.70. The van der Waals surface area contributed by atoms with Gasteiger partial charge < -0.3 is 10.2 Å². The highest BCUT2D eigenvalue weighted by Gasteiger charge is 2.16. The lowest BCUT2D eigenvalue weighted by molar-refractivity contribution is 0.0893. The SMILES string of the molecule is O=C(CC(=O)c1ccccc1O)c1ccc(O)cc1. The lowest BCUT2D eigenvalue weighted by Gasteiger charge is -2.03. The van der Waals surface area contributed by atoms with Gasteiger partial charge in [0.2, 0.25) is 0 Å². The van der Waals surface area contributed by atoms with Gasteiger partial charge in [0.05, 0.1) is 12.0 Å². The standard InChI is InChI=1S/C15H12O4/c16-11-7-5-10(6-8-11)14(18)9-15(19)12-3-1-2-4-13(12)17/h1-8,16-17H,9H2. The first-order chi connectivity index (χ1) is 9.08. The summed E-state index contributed by atoms with van der Waals surface area (Å²) in [6.45, 7) is 0. The van der Waals surface area contributed by atoms with Crippen LogP contribution in [0.4, 0.5) is 0 Å². The van der Waals surface area contributed by atoms with Crippen molar-refractivity contribution in [2.75, 3.05) is 0 Å². The molecule has 0 saturated carbocycles. The van der Waals surface area contributed by atoms with Gasteiger partial charge in [0.15, 0.2) is 11.6 Å². The highest BCUT2D eigenvalue weighted by Crippen LogP contribution is 2.19. The summed E-state index contributed by atoms with van der Waals surface area (Å²) in [6, 6.07) is 11.8. The average Bonchev–Trinajstić information content (AvgIpc) is 2.39. The van der Waals surface area contributed by atoms with Gasteiger partial charge in [-0.25, -0.2) is 0 Å². The third-order valence-electron chi connectivity index (χ3n) is 2.71. The summed E-state index contributed by atoms with van der Waals surface area (Å²) in [7, 11) is 0. The van der Waals surface area contributed by atoms with E-state index in [-0.39, 0.29) is 29.3 Å². The van der Waals surface area contributed by atoms with Crippen LogP contribution in [0.15, 0.2) is 48.5 Å². The number of phenols is 2. The first-order valence-electron chi connectivity index (χ1n) is 5.71. The van der Waals surface area contributed by atoms with Gasteiger partial charge in [-0.3, -0.25) is 9.59 Å². The van der Waals surface area contributed by atoms with Crippen molar-refractivity contribution in [1.29, 1.82) is 0 Å². The zero-order valence-corrected chi connectivity index (χ0v) is 10.0. The van der Waals surface area contributed by atoms with Crippen molar-refractivity contribution in [3.8, 4) is 11.5 Å². The van der Waals surface area contributed by atoms with E-state index in [9.17, 15) is 14.7 Å². The normalized spacial score (nSPS) is 10.1. The van der Waals surface area contributed by atoms with E-state index in [1.54, 1.807) is 12.1 Å². The molecule has 0 aliphatic rings. The quantitative estimate of drug-likeness (QED) is 0.651. The number of Topliss-reactive ketones (excluding diaryl/α,β-unsaturated/α-hetero) is 2. The Balaban J connectivity index is 2.13. The second kappa shape index (κ2) is 5.35. The van der Waals surface area contributed by atoms with Gasteiger partial charge in [0.1, 0.15) is 11.5 Å². The monoisotopic (exact) mass is 256 g/mol. The number of benzene rings is 2. The van der Waals surface area contributed by atoms with Crippen LogP contribution in [-0.2, 0) is 0 Å². The maximum absolute atomic E-state index is 11.9. The summed E-state index contributed by atoms with van der Waals surface area (Å²) >= 11 is 0. The molecule has 0 saturated heterocycles. The molecule has 2 rings (SSSR count). The summed E-state index contributed by atoms with van der Waals surface area (Å²) < 4.78 is 0. The molecule has 4 nitrogen and oxygen atoms in total. The smallest absolute Gasteiger partial charge is 0.174 e. The molecule has 0 heterocycles. The molecule has 96 valence electrons. The maximum atomic E-state index is 11.9. The second-order valence-electron chi connectivity index (χ2n) is 4.09. The molecule has 0 amide bonds. The van der Waals surface area contributed by atoms with Gasteiger partial charge in [-0.1, -0.05) is 12.1 Å². The minimum atomic E-state index is -0.434. The number of para-hydroxylation sites is 1. The van der Waals surface area contributed by atoms with Gasteiger partial charge in [0, 0.05) is 5.56 Å². The van der Waals surface area contributed by atoms with Crippen molar-refractivity contribution < 1.29 is 19.8 Å². The topological polar surface area (TPSA) is 74.6 Å². The Bertz CT molecular complexity index is 614. The third-order valence-corrected chi connectivity index (χ3v) is 2.71. The van der Waals surface area contributed by atoms with Gasteiger partial charge >= 0.3 is 0 Å². The molecule has 0 aliphatic heterocycles. The van der Waals surface area contributed by atoms with E-state index in [0.29, 0.717) is 5.56 Å². The van der Waals surface area contributed by atoms with Crippen LogP contribution in [0.3, 0.4) is 0 Å².